The second-order valence-corrected chi connectivity index (χ2v) is 4.28. The molecule has 0 aromatic heterocycles. The van der Waals surface area contributed by atoms with Gasteiger partial charge in [-0.15, -0.1) is 0 Å². The number of rotatable bonds is 0. The predicted molar refractivity (Wildman–Crippen MR) is 52.7 cm³/mol. The lowest BCUT2D eigenvalue weighted by Crippen LogP contribution is -2.09. The van der Waals surface area contributed by atoms with Crippen LogP contribution in [-0.2, 0) is 6.42 Å². The zero-order chi connectivity index (χ0) is 11.9. The van der Waals surface area contributed by atoms with Gasteiger partial charge in [-0.1, -0.05) is 6.92 Å². The van der Waals surface area contributed by atoms with Crippen LogP contribution in [-0.4, -0.2) is 5.78 Å². The molecule has 0 amide bonds. The molecule has 0 saturated carbocycles. The van der Waals surface area contributed by atoms with Gasteiger partial charge in [0.05, 0.1) is 5.56 Å². The number of ketones is 1. The van der Waals surface area contributed by atoms with E-state index in [4.69, 9.17) is 0 Å². The molecule has 0 fully saturated rings. The lowest BCUT2D eigenvalue weighted by molar-refractivity contribution is 0.0962. The molecule has 0 radical (unpaired) electrons. The summed E-state index contributed by atoms with van der Waals surface area (Å²) >= 11 is 0. The molecule has 16 heavy (non-hydrogen) atoms. The highest BCUT2D eigenvalue weighted by Crippen LogP contribution is 2.29. The smallest absolute Gasteiger partial charge is 0.170 e. The molecule has 1 atom stereocenters. The van der Waals surface area contributed by atoms with Gasteiger partial charge in [0.2, 0.25) is 0 Å². The maximum atomic E-state index is 13.5. The molecule has 1 aromatic carbocycles. The van der Waals surface area contributed by atoms with Gasteiger partial charge in [0.1, 0.15) is 5.82 Å². The molecular weight excluding hydrogens is 217 g/mol. The van der Waals surface area contributed by atoms with Crippen molar-refractivity contribution in [3.63, 3.8) is 0 Å². The fourth-order valence-corrected chi connectivity index (χ4v) is 2.08. The monoisotopic (exact) mass is 228 g/mol. The van der Waals surface area contributed by atoms with Crippen molar-refractivity contribution in [1.82, 2.24) is 0 Å². The molecule has 1 unspecified atom stereocenters. The maximum absolute atomic E-state index is 13.5. The van der Waals surface area contributed by atoms with Crippen LogP contribution >= 0.6 is 0 Å². The van der Waals surface area contributed by atoms with Crippen LogP contribution in [0.1, 0.15) is 35.7 Å². The lowest BCUT2D eigenvalue weighted by atomic mass is 10.0. The predicted octanol–water partition coefficient (Wildman–Crippen LogP) is 3.26. The van der Waals surface area contributed by atoms with Crippen molar-refractivity contribution in [2.75, 3.05) is 0 Å². The maximum Gasteiger partial charge on any atom is 0.170 e. The molecular formula is C12H11F3O. The first-order valence-electron chi connectivity index (χ1n) is 5.20. The van der Waals surface area contributed by atoms with Crippen molar-refractivity contribution in [3.05, 3.63) is 34.6 Å². The van der Waals surface area contributed by atoms with E-state index in [2.05, 4.69) is 0 Å². The van der Waals surface area contributed by atoms with Gasteiger partial charge in [0, 0.05) is 18.1 Å². The van der Waals surface area contributed by atoms with Gasteiger partial charge in [0.15, 0.2) is 17.4 Å². The Morgan fingerprint density at radius 1 is 1.25 bits per heavy atom. The Hall–Kier alpha value is -1.32. The summed E-state index contributed by atoms with van der Waals surface area (Å²) < 4.78 is 39.9. The lowest BCUT2D eigenvalue weighted by Gasteiger charge is -2.07. The van der Waals surface area contributed by atoms with Crippen LogP contribution in [0.2, 0.25) is 0 Å². The van der Waals surface area contributed by atoms with Crippen LogP contribution in [0.25, 0.3) is 0 Å². The van der Waals surface area contributed by atoms with Crippen molar-refractivity contribution in [2.45, 2.75) is 26.2 Å². The molecule has 0 N–H and O–H groups in total. The number of halogens is 3. The molecule has 0 saturated heterocycles. The number of carbonyl (C=O) groups is 1. The molecule has 1 nitrogen and oxygen atoms in total. The Morgan fingerprint density at radius 3 is 2.62 bits per heavy atom. The highest BCUT2D eigenvalue weighted by Gasteiger charge is 2.27. The summed E-state index contributed by atoms with van der Waals surface area (Å²) in [6.07, 6.45) is 1.04. The number of Topliss-reactive ketones (excluding diaryl/α,β-unsaturated/α-hetero) is 1. The van der Waals surface area contributed by atoms with Crippen molar-refractivity contribution < 1.29 is 18.0 Å². The van der Waals surface area contributed by atoms with E-state index in [1.54, 1.807) is 0 Å². The molecule has 86 valence electrons. The number of benzene rings is 1. The third kappa shape index (κ3) is 1.72. The summed E-state index contributed by atoms with van der Waals surface area (Å²) in [7, 11) is 0. The van der Waals surface area contributed by atoms with Gasteiger partial charge in [0.25, 0.3) is 0 Å². The van der Waals surface area contributed by atoms with E-state index in [1.807, 2.05) is 6.92 Å². The highest BCUT2D eigenvalue weighted by atomic mass is 19.2. The minimum absolute atomic E-state index is 0.0215. The Kier molecular flexibility index (Phi) is 2.74. The molecule has 0 bridgehead atoms. The van der Waals surface area contributed by atoms with Crippen molar-refractivity contribution in [2.24, 2.45) is 5.92 Å². The number of hydrogen-bond donors (Lipinski definition) is 0. The molecule has 1 aliphatic rings. The van der Waals surface area contributed by atoms with Gasteiger partial charge in [-0.25, -0.2) is 13.2 Å². The molecule has 1 aromatic rings. The Morgan fingerprint density at radius 2 is 1.94 bits per heavy atom. The Bertz CT molecular complexity index is 454. The van der Waals surface area contributed by atoms with E-state index in [-0.39, 0.29) is 29.9 Å². The SMILES string of the molecule is CC1CCc2c(F)cc(F)c(F)c2C(=O)C1. The molecule has 2 rings (SSSR count). The fourth-order valence-electron chi connectivity index (χ4n) is 2.08. The van der Waals surface area contributed by atoms with E-state index >= 15 is 0 Å². The fraction of sp³-hybridized carbons (Fsp3) is 0.417. The summed E-state index contributed by atoms with van der Waals surface area (Å²) in [6.45, 7) is 1.84. The first-order chi connectivity index (χ1) is 7.50. The second-order valence-electron chi connectivity index (χ2n) is 4.28. The Labute approximate surface area is 91.3 Å². The van der Waals surface area contributed by atoms with E-state index < -0.39 is 23.2 Å². The van der Waals surface area contributed by atoms with Crippen LogP contribution in [0.3, 0.4) is 0 Å². The first-order valence-corrected chi connectivity index (χ1v) is 5.20. The highest BCUT2D eigenvalue weighted by molar-refractivity contribution is 5.98. The van der Waals surface area contributed by atoms with E-state index in [9.17, 15) is 18.0 Å². The second kappa shape index (κ2) is 3.92. The van der Waals surface area contributed by atoms with Crippen LogP contribution < -0.4 is 0 Å². The summed E-state index contributed by atoms with van der Waals surface area (Å²) in [4.78, 5) is 11.7. The Balaban J connectivity index is 2.64. The van der Waals surface area contributed by atoms with Crippen molar-refractivity contribution >= 4 is 5.78 Å². The van der Waals surface area contributed by atoms with E-state index in [0.29, 0.717) is 12.5 Å². The van der Waals surface area contributed by atoms with Crippen molar-refractivity contribution in [1.29, 1.82) is 0 Å². The summed E-state index contributed by atoms with van der Waals surface area (Å²) in [5.74, 6) is -3.76. The zero-order valence-corrected chi connectivity index (χ0v) is 8.82. The number of carbonyl (C=O) groups excluding carboxylic acids is 1. The normalized spacial score (nSPS) is 20.5. The van der Waals surface area contributed by atoms with Gasteiger partial charge < -0.3 is 0 Å². The molecule has 0 spiro atoms. The molecule has 4 heteroatoms. The molecule has 0 aliphatic heterocycles. The minimum Gasteiger partial charge on any atom is -0.294 e. The van der Waals surface area contributed by atoms with Crippen molar-refractivity contribution in [3.8, 4) is 0 Å². The topological polar surface area (TPSA) is 17.1 Å². The average Bonchev–Trinajstić information content (AvgIpc) is 2.34. The molecule has 0 heterocycles. The van der Waals surface area contributed by atoms with Crippen LogP contribution in [0.4, 0.5) is 13.2 Å². The van der Waals surface area contributed by atoms with Crippen LogP contribution in [0.15, 0.2) is 6.07 Å². The summed E-state index contributed by atoms with van der Waals surface area (Å²) in [6, 6.07) is 0.511. The third-order valence-corrected chi connectivity index (χ3v) is 2.97. The quantitative estimate of drug-likeness (QED) is 0.492. The van der Waals surface area contributed by atoms with Gasteiger partial charge in [-0.3, -0.25) is 4.79 Å². The standard InChI is InChI=1S/C12H11F3O/c1-6-2-3-7-8(13)5-9(14)12(15)11(7)10(16)4-6/h5-6H,2-4H2,1H3. The number of fused-ring (bicyclic) bond motifs is 1. The van der Waals surface area contributed by atoms with Gasteiger partial charge >= 0.3 is 0 Å². The minimum atomic E-state index is -1.29. The third-order valence-electron chi connectivity index (χ3n) is 2.97. The first kappa shape index (κ1) is 11.2. The van der Waals surface area contributed by atoms with E-state index in [0.717, 1.165) is 0 Å². The zero-order valence-electron chi connectivity index (χ0n) is 8.82. The largest absolute Gasteiger partial charge is 0.294 e. The van der Waals surface area contributed by atoms with Crippen LogP contribution in [0.5, 0.6) is 0 Å². The molecule has 1 aliphatic carbocycles. The summed E-state index contributed by atoms with van der Waals surface area (Å²) in [5.41, 5.74) is -0.366. The summed E-state index contributed by atoms with van der Waals surface area (Å²) in [5, 5.41) is 0. The van der Waals surface area contributed by atoms with Gasteiger partial charge in [-0.2, -0.15) is 0 Å². The average molecular weight is 228 g/mol. The number of hydrogen-bond acceptors (Lipinski definition) is 1. The van der Waals surface area contributed by atoms with Crippen LogP contribution in [0, 0.1) is 23.4 Å². The van der Waals surface area contributed by atoms with E-state index in [1.165, 1.54) is 0 Å². The van der Waals surface area contributed by atoms with Gasteiger partial charge in [-0.05, 0) is 18.8 Å².